The lowest BCUT2D eigenvalue weighted by molar-refractivity contribution is -0.131. The maximum absolute atomic E-state index is 13.7. The van der Waals surface area contributed by atoms with Gasteiger partial charge in [0, 0.05) is 22.3 Å². The molecule has 4 rings (SSSR count). The van der Waals surface area contributed by atoms with Gasteiger partial charge in [0.1, 0.15) is 23.6 Å². The summed E-state index contributed by atoms with van der Waals surface area (Å²) in [5, 5.41) is 8.65. The molecule has 9 nitrogen and oxygen atoms in total. The third-order valence-electron chi connectivity index (χ3n) is 6.36. The number of aromatic amines is 1. The molecular formula is C23H27BrFN5O4. The molecule has 34 heavy (non-hydrogen) atoms. The fraction of sp³-hybridized carbons (Fsp3) is 0.478. The van der Waals surface area contributed by atoms with Crippen LogP contribution in [0.3, 0.4) is 0 Å². The van der Waals surface area contributed by atoms with Crippen molar-refractivity contribution < 1.29 is 23.6 Å². The highest BCUT2D eigenvalue weighted by Crippen LogP contribution is 2.34. The molecule has 2 aromatic rings. The minimum absolute atomic E-state index is 0.110. The Bertz CT molecular complexity index is 1130. The number of carbonyl (C=O) groups is 4. The molecule has 0 bridgehead atoms. The van der Waals surface area contributed by atoms with Crippen LogP contribution in [-0.4, -0.2) is 47.2 Å². The number of amides is 4. The number of carbonyl (C=O) groups excluding carboxylic acids is 4. The third kappa shape index (κ3) is 5.75. The number of hydrogen-bond acceptors (Lipinski definition) is 4. The molecule has 11 heteroatoms. The second-order valence-corrected chi connectivity index (χ2v) is 9.92. The Hall–Kier alpha value is -2.95. The van der Waals surface area contributed by atoms with Crippen LogP contribution in [0.15, 0.2) is 22.7 Å². The number of nitrogens with one attached hydrogen (secondary N) is 4. The molecule has 1 aromatic carbocycles. The van der Waals surface area contributed by atoms with Crippen molar-refractivity contribution in [3.05, 3.63) is 34.2 Å². The van der Waals surface area contributed by atoms with Gasteiger partial charge in [-0.05, 0) is 65.7 Å². The van der Waals surface area contributed by atoms with Gasteiger partial charge in [-0.3, -0.25) is 19.2 Å². The largest absolute Gasteiger partial charge is 0.368 e. The van der Waals surface area contributed by atoms with Crippen molar-refractivity contribution in [1.82, 2.24) is 20.9 Å². The Morgan fingerprint density at radius 3 is 2.56 bits per heavy atom. The highest BCUT2D eigenvalue weighted by atomic mass is 79.9. The molecule has 1 aromatic heterocycles. The predicted octanol–water partition coefficient (Wildman–Crippen LogP) is 1.85. The van der Waals surface area contributed by atoms with Crippen LogP contribution in [0.2, 0.25) is 0 Å². The van der Waals surface area contributed by atoms with Gasteiger partial charge in [-0.2, -0.15) is 0 Å². The lowest BCUT2D eigenvalue weighted by Crippen LogP contribution is -2.54. The lowest BCUT2D eigenvalue weighted by Gasteiger charge is -2.27. The Labute approximate surface area is 203 Å². The fourth-order valence-electron chi connectivity index (χ4n) is 4.31. The van der Waals surface area contributed by atoms with Crippen LogP contribution in [-0.2, 0) is 14.4 Å². The molecule has 0 spiro atoms. The minimum atomic E-state index is -1.02. The topological polar surface area (TPSA) is 146 Å². The van der Waals surface area contributed by atoms with Gasteiger partial charge in [0.05, 0.1) is 5.52 Å². The van der Waals surface area contributed by atoms with Crippen LogP contribution in [0.5, 0.6) is 0 Å². The highest BCUT2D eigenvalue weighted by Gasteiger charge is 2.34. The maximum atomic E-state index is 13.7. The van der Waals surface area contributed by atoms with Gasteiger partial charge in [-0.15, -0.1) is 0 Å². The van der Waals surface area contributed by atoms with Gasteiger partial charge < -0.3 is 26.7 Å². The SMILES string of the molecule is NC(=O)[C@H](C[C@@H]1CCCNC1=O)NC(=O)[C@H](CC1CC1)NC(=O)c1cc2cc(F)cc(Br)c2[nH]1. The normalized spacial score (nSPS) is 19.8. The first-order valence-corrected chi connectivity index (χ1v) is 12.2. The maximum Gasteiger partial charge on any atom is 0.268 e. The summed E-state index contributed by atoms with van der Waals surface area (Å²) in [6, 6.07) is 2.21. The number of hydrogen-bond donors (Lipinski definition) is 5. The molecular weight excluding hydrogens is 509 g/mol. The Morgan fingerprint density at radius 2 is 1.88 bits per heavy atom. The molecule has 3 atom stereocenters. The molecule has 182 valence electrons. The molecule has 2 fully saturated rings. The summed E-state index contributed by atoms with van der Waals surface area (Å²) in [7, 11) is 0. The van der Waals surface area contributed by atoms with Crippen molar-refractivity contribution in [2.45, 2.75) is 50.6 Å². The van der Waals surface area contributed by atoms with Crippen LogP contribution < -0.4 is 21.7 Å². The zero-order valence-electron chi connectivity index (χ0n) is 18.5. The Morgan fingerprint density at radius 1 is 1.12 bits per heavy atom. The van der Waals surface area contributed by atoms with Gasteiger partial charge in [-0.1, -0.05) is 12.8 Å². The summed E-state index contributed by atoms with van der Waals surface area (Å²) in [6.45, 7) is 0.593. The molecule has 1 saturated carbocycles. The lowest BCUT2D eigenvalue weighted by atomic mass is 9.91. The molecule has 1 saturated heterocycles. The number of H-pyrrole nitrogens is 1. The molecule has 2 heterocycles. The van der Waals surface area contributed by atoms with E-state index in [1.54, 1.807) is 0 Å². The number of rotatable bonds is 9. The molecule has 2 aliphatic rings. The van der Waals surface area contributed by atoms with Crippen molar-refractivity contribution in [2.24, 2.45) is 17.6 Å². The summed E-state index contributed by atoms with van der Waals surface area (Å²) in [5.74, 6) is -2.48. The standard InChI is InChI=1S/C23H27BrFN5O4/c24-15-10-14(25)7-13-9-18(28-19(13)15)23(34)30-17(6-11-3-4-11)22(33)29-16(20(26)31)8-12-2-1-5-27-21(12)32/h7,9-12,16-17,28H,1-6,8H2,(H2,26,31)(H,27,32)(H,29,33)(H,30,34)/t12-,16-,17-/m0/s1. The summed E-state index contributed by atoms with van der Waals surface area (Å²) in [6.07, 6.45) is 3.86. The molecule has 1 aliphatic heterocycles. The number of piperidine rings is 1. The summed E-state index contributed by atoms with van der Waals surface area (Å²) in [5.41, 5.74) is 6.26. The highest BCUT2D eigenvalue weighted by molar-refractivity contribution is 9.10. The van der Waals surface area contributed by atoms with E-state index in [0.717, 1.165) is 19.3 Å². The summed E-state index contributed by atoms with van der Waals surface area (Å²) in [4.78, 5) is 53.1. The van der Waals surface area contributed by atoms with Gasteiger partial charge in [0.15, 0.2) is 0 Å². The average Bonchev–Trinajstić information content (AvgIpc) is 3.49. The van der Waals surface area contributed by atoms with Crippen LogP contribution in [0.25, 0.3) is 10.9 Å². The number of halogens is 2. The monoisotopic (exact) mass is 535 g/mol. The van der Waals surface area contributed by atoms with Crippen molar-refractivity contribution in [2.75, 3.05) is 6.54 Å². The number of nitrogens with two attached hydrogens (primary N) is 1. The van der Waals surface area contributed by atoms with Gasteiger partial charge >= 0.3 is 0 Å². The van der Waals surface area contributed by atoms with Gasteiger partial charge in [0.2, 0.25) is 17.7 Å². The first-order valence-electron chi connectivity index (χ1n) is 11.4. The van der Waals surface area contributed by atoms with E-state index >= 15 is 0 Å². The smallest absolute Gasteiger partial charge is 0.268 e. The van der Waals surface area contributed by atoms with E-state index in [1.165, 1.54) is 18.2 Å². The van der Waals surface area contributed by atoms with Crippen molar-refractivity contribution in [3.63, 3.8) is 0 Å². The summed E-state index contributed by atoms with van der Waals surface area (Å²) >= 11 is 3.27. The zero-order valence-corrected chi connectivity index (χ0v) is 20.0. The van der Waals surface area contributed by atoms with Crippen LogP contribution in [0.1, 0.15) is 49.0 Å². The minimum Gasteiger partial charge on any atom is -0.368 e. The number of primary amides is 1. The molecule has 0 unspecified atom stereocenters. The van der Waals surface area contributed by atoms with E-state index in [4.69, 9.17) is 5.73 Å². The first-order chi connectivity index (χ1) is 16.2. The van der Waals surface area contributed by atoms with Crippen LogP contribution in [0.4, 0.5) is 4.39 Å². The molecule has 0 radical (unpaired) electrons. The second kappa shape index (κ2) is 10.1. The Kier molecular flexibility index (Phi) is 7.20. The van der Waals surface area contributed by atoms with E-state index in [1.807, 2.05) is 0 Å². The van der Waals surface area contributed by atoms with E-state index in [0.29, 0.717) is 40.7 Å². The zero-order chi connectivity index (χ0) is 24.4. The predicted molar refractivity (Wildman–Crippen MR) is 126 cm³/mol. The first kappa shape index (κ1) is 24.2. The molecule has 1 aliphatic carbocycles. The van der Waals surface area contributed by atoms with Crippen molar-refractivity contribution in [1.29, 1.82) is 0 Å². The molecule has 4 amide bonds. The van der Waals surface area contributed by atoms with Crippen LogP contribution >= 0.6 is 15.9 Å². The van der Waals surface area contributed by atoms with E-state index in [-0.39, 0.29) is 18.0 Å². The van der Waals surface area contributed by atoms with Crippen molar-refractivity contribution >= 4 is 50.5 Å². The van der Waals surface area contributed by atoms with E-state index in [2.05, 4.69) is 36.9 Å². The third-order valence-corrected chi connectivity index (χ3v) is 6.98. The fourth-order valence-corrected chi connectivity index (χ4v) is 4.85. The number of benzene rings is 1. The molecule has 6 N–H and O–H groups in total. The van der Waals surface area contributed by atoms with E-state index < -0.39 is 41.5 Å². The second-order valence-electron chi connectivity index (χ2n) is 9.07. The van der Waals surface area contributed by atoms with Gasteiger partial charge in [0.25, 0.3) is 5.91 Å². The van der Waals surface area contributed by atoms with Crippen molar-refractivity contribution in [3.8, 4) is 0 Å². The summed E-state index contributed by atoms with van der Waals surface area (Å²) < 4.78 is 14.2. The van der Waals surface area contributed by atoms with E-state index in [9.17, 15) is 23.6 Å². The number of fused-ring (bicyclic) bond motifs is 1. The quantitative estimate of drug-likeness (QED) is 0.333. The Balaban J connectivity index is 1.46. The number of aromatic nitrogens is 1. The average molecular weight is 536 g/mol. The van der Waals surface area contributed by atoms with Gasteiger partial charge in [-0.25, -0.2) is 4.39 Å². The van der Waals surface area contributed by atoms with Crippen LogP contribution in [0, 0.1) is 17.7 Å².